The number of unbranched alkanes of at least 4 members (excludes halogenated alkanes) is 1. The van der Waals surface area contributed by atoms with Gasteiger partial charge in [0.1, 0.15) is 12.0 Å². The van der Waals surface area contributed by atoms with Gasteiger partial charge in [-0.2, -0.15) is 0 Å². The maximum atomic E-state index is 5.57. The van der Waals surface area contributed by atoms with Crippen molar-refractivity contribution in [3.05, 3.63) is 12.0 Å². The zero-order chi connectivity index (χ0) is 10.4. The van der Waals surface area contributed by atoms with Crippen LogP contribution in [0, 0.1) is 5.92 Å². The van der Waals surface area contributed by atoms with E-state index in [9.17, 15) is 0 Å². The standard InChI is InChI=1S/C11H21NO2/c1-3-5-6-9(4-2)11-13-8-10(7-12)14-11/h8-9,11H,3-7,12H2,1-2H3. The van der Waals surface area contributed by atoms with Gasteiger partial charge < -0.3 is 15.2 Å². The summed E-state index contributed by atoms with van der Waals surface area (Å²) in [5.74, 6) is 1.26. The van der Waals surface area contributed by atoms with Gasteiger partial charge in [0.15, 0.2) is 0 Å². The summed E-state index contributed by atoms with van der Waals surface area (Å²) in [6.45, 7) is 4.81. The summed E-state index contributed by atoms with van der Waals surface area (Å²) in [5, 5.41) is 0. The molecule has 0 saturated heterocycles. The lowest BCUT2D eigenvalue weighted by Gasteiger charge is -2.21. The first-order valence-electron chi connectivity index (χ1n) is 5.53. The van der Waals surface area contributed by atoms with Crippen LogP contribution in [0.3, 0.4) is 0 Å². The quantitative estimate of drug-likeness (QED) is 0.714. The second-order valence-corrected chi connectivity index (χ2v) is 3.72. The van der Waals surface area contributed by atoms with Gasteiger partial charge in [-0.3, -0.25) is 0 Å². The van der Waals surface area contributed by atoms with Crippen LogP contribution in [0.1, 0.15) is 39.5 Å². The molecule has 0 radical (unpaired) electrons. The van der Waals surface area contributed by atoms with Crippen molar-refractivity contribution in [2.45, 2.75) is 45.8 Å². The topological polar surface area (TPSA) is 44.5 Å². The number of hydrogen-bond donors (Lipinski definition) is 1. The molecule has 3 heteroatoms. The Morgan fingerprint density at radius 2 is 2.29 bits per heavy atom. The summed E-state index contributed by atoms with van der Waals surface area (Å²) < 4.78 is 11.0. The molecule has 0 aromatic rings. The molecule has 2 unspecified atom stereocenters. The molecular weight excluding hydrogens is 178 g/mol. The minimum absolute atomic E-state index is 0.0925. The predicted molar refractivity (Wildman–Crippen MR) is 56.4 cm³/mol. The van der Waals surface area contributed by atoms with Gasteiger partial charge in [0.2, 0.25) is 6.29 Å². The third kappa shape index (κ3) is 2.91. The Hall–Kier alpha value is -0.700. The first-order chi connectivity index (χ1) is 6.81. The van der Waals surface area contributed by atoms with Crippen LogP contribution in [-0.2, 0) is 9.47 Å². The van der Waals surface area contributed by atoms with Gasteiger partial charge >= 0.3 is 0 Å². The fraction of sp³-hybridized carbons (Fsp3) is 0.818. The van der Waals surface area contributed by atoms with Crippen molar-refractivity contribution in [2.24, 2.45) is 11.7 Å². The molecule has 0 spiro atoms. The second-order valence-electron chi connectivity index (χ2n) is 3.72. The minimum atomic E-state index is -0.0925. The number of rotatable bonds is 6. The third-order valence-electron chi connectivity index (χ3n) is 2.64. The van der Waals surface area contributed by atoms with Crippen LogP contribution in [0.25, 0.3) is 0 Å². The van der Waals surface area contributed by atoms with Crippen LogP contribution >= 0.6 is 0 Å². The Bertz CT molecular complexity index is 192. The molecule has 0 bridgehead atoms. The van der Waals surface area contributed by atoms with Crippen molar-refractivity contribution >= 4 is 0 Å². The fourth-order valence-electron chi connectivity index (χ4n) is 1.65. The third-order valence-corrected chi connectivity index (χ3v) is 2.64. The van der Waals surface area contributed by atoms with Crippen LogP contribution in [0.5, 0.6) is 0 Å². The first kappa shape index (κ1) is 11.4. The summed E-state index contributed by atoms with van der Waals surface area (Å²) in [6, 6.07) is 0. The van der Waals surface area contributed by atoms with E-state index < -0.39 is 0 Å². The molecule has 0 saturated carbocycles. The lowest BCUT2D eigenvalue weighted by Crippen LogP contribution is -2.22. The van der Waals surface area contributed by atoms with E-state index in [1.165, 1.54) is 19.3 Å². The van der Waals surface area contributed by atoms with Crippen LogP contribution in [0.4, 0.5) is 0 Å². The van der Waals surface area contributed by atoms with E-state index in [1.807, 2.05) is 0 Å². The number of hydrogen-bond acceptors (Lipinski definition) is 3. The summed E-state index contributed by atoms with van der Waals surface area (Å²) >= 11 is 0. The highest BCUT2D eigenvalue weighted by molar-refractivity contribution is 4.94. The Morgan fingerprint density at radius 3 is 2.79 bits per heavy atom. The average molecular weight is 199 g/mol. The molecule has 1 aliphatic rings. The van der Waals surface area contributed by atoms with Crippen LogP contribution in [-0.4, -0.2) is 12.8 Å². The molecule has 1 rings (SSSR count). The first-order valence-corrected chi connectivity index (χ1v) is 5.53. The van der Waals surface area contributed by atoms with E-state index in [1.54, 1.807) is 6.26 Å². The molecule has 0 aromatic heterocycles. The van der Waals surface area contributed by atoms with Gasteiger partial charge in [-0.25, -0.2) is 0 Å². The van der Waals surface area contributed by atoms with Crippen LogP contribution < -0.4 is 5.73 Å². The van der Waals surface area contributed by atoms with E-state index in [2.05, 4.69) is 13.8 Å². The van der Waals surface area contributed by atoms with E-state index in [-0.39, 0.29) is 6.29 Å². The van der Waals surface area contributed by atoms with E-state index in [0.29, 0.717) is 12.5 Å². The van der Waals surface area contributed by atoms with Crippen molar-refractivity contribution in [3.63, 3.8) is 0 Å². The summed E-state index contributed by atoms with van der Waals surface area (Å²) in [6.07, 6.45) is 6.28. The monoisotopic (exact) mass is 199 g/mol. The van der Waals surface area contributed by atoms with Crippen molar-refractivity contribution in [1.82, 2.24) is 0 Å². The zero-order valence-electron chi connectivity index (χ0n) is 9.16. The van der Waals surface area contributed by atoms with Crippen molar-refractivity contribution in [3.8, 4) is 0 Å². The SMILES string of the molecule is CCCCC(CC)C1OC=C(CN)O1. The minimum Gasteiger partial charge on any atom is -0.459 e. The highest BCUT2D eigenvalue weighted by atomic mass is 16.7. The zero-order valence-corrected chi connectivity index (χ0v) is 9.16. The molecule has 0 aromatic carbocycles. The van der Waals surface area contributed by atoms with Crippen LogP contribution in [0.2, 0.25) is 0 Å². The maximum Gasteiger partial charge on any atom is 0.242 e. The lowest BCUT2D eigenvalue weighted by molar-refractivity contribution is -0.0780. The molecule has 1 aliphatic heterocycles. The molecule has 2 atom stereocenters. The second kappa shape index (κ2) is 5.91. The normalized spacial score (nSPS) is 22.5. The van der Waals surface area contributed by atoms with Gasteiger partial charge in [0.05, 0.1) is 6.54 Å². The maximum absolute atomic E-state index is 5.57. The Balaban J connectivity index is 2.33. The van der Waals surface area contributed by atoms with Gasteiger partial charge in [-0.05, 0) is 12.8 Å². The smallest absolute Gasteiger partial charge is 0.242 e. The van der Waals surface area contributed by atoms with Crippen molar-refractivity contribution in [2.75, 3.05) is 6.54 Å². The summed E-state index contributed by atoms with van der Waals surface area (Å²) in [5.41, 5.74) is 5.46. The van der Waals surface area contributed by atoms with Crippen molar-refractivity contribution < 1.29 is 9.47 Å². The molecule has 1 heterocycles. The molecule has 2 N–H and O–H groups in total. The Morgan fingerprint density at radius 1 is 1.50 bits per heavy atom. The van der Waals surface area contributed by atoms with Gasteiger partial charge in [-0.1, -0.05) is 26.7 Å². The highest BCUT2D eigenvalue weighted by Gasteiger charge is 2.26. The van der Waals surface area contributed by atoms with E-state index in [0.717, 1.165) is 12.2 Å². The van der Waals surface area contributed by atoms with Gasteiger partial charge in [0, 0.05) is 5.92 Å². The van der Waals surface area contributed by atoms with Crippen LogP contribution in [0.15, 0.2) is 12.0 Å². The Labute approximate surface area is 86.3 Å². The summed E-state index contributed by atoms with van der Waals surface area (Å²) in [7, 11) is 0. The predicted octanol–water partition coefficient (Wildman–Crippen LogP) is 2.38. The van der Waals surface area contributed by atoms with Gasteiger partial charge in [0.25, 0.3) is 0 Å². The molecule has 3 nitrogen and oxygen atoms in total. The van der Waals surface area contributed by atoms with E-state index >= 15 is 0 Å². The summed E-state index contributed by atoms with van der Waals surface area (Å²) in [4.78, 5) is 0. The molecule has 14 heavy (non-hydrogen) atoms. The molecule has 0 fully saturated rings. The molecule has 82 valence electrons. The molecule has 0 aliphatic carbocycles. The van der Waals surface area contributed by atoms with Crippen molar-refractivity contribution in [1.29, 1.82) is 0 Å². The lowest BCUT2D eigenvalue weighted by atomic mass is 9.99. The molecule has 0 amide bonds. The molecular formula is C11H21NO2. The number of ether oxygens (including phenoxy) is 2. The Kier molecular flexibility index (Phi) is 4.80. The van der Waals surface area contributed by atoms with Gasteiger partial charge in [-0.15, -0.1) is 0 Å². The largest absolute Gasteiger partial charge is 0.459 e. The van der Waals surface area contributed by atoms with E-state index in [4.69, 9.17) is 15.2 Å². The number of nitrogens with two attached hydrogens (primary N) is 1. The average Bonchev–Trinajstić information content (AvgIpc) is 2.68. The highest BCUT2D eigenvalue weighted by Crippen LogP contribution is 2.26. The fourth-order valence-corrected chi connectivity index (χ4v) is 1.65.